The van der Waals surface area contributed by atoms with Crippen molar-refractivity contribution < 1.29 is 4.79 Å². The van der Waals surface area contributed by atoms with Crippen molar-refractivity contribution in [2.75, 3.05) is 0 Å². The molecule has 6 heteroatoms. The molecule has 2 heterocycles. The van der Waals surface area contributed by atoms with Crippen LogP contribution in [0.1, 0.15) is 32.9 Å². The van der Waals surface area contributed by atoms with Gasteiger partial charge in [0.05, 0.1) is 0 Å². The Bertz CT molecular complexity index is 820. The number of carbonyl (C=O) groups is 1. The van der Waals surface area contributed by atoms with Crippen LogP contribution in [0, 0.1) is 13.8 Å². The molecule has 0 saturated heterocycles. The second kappa shape index (κ2) is 4.97. The molecule has 2 aromatic heterocycles. The van der Waals surface area contributed by atoms with Gasteiger partial charge in [-0.25, -0.2) is 4.98 Å². The number of hydrogen-bond acceptors (Lipinski definition) is 4. The van der Waals surface area contributed by atoms with E-state index in [-0.39, 0.29) is 0 Å². The van der Waals surface area contributed by atoms with Gasteiger partial charge in [0, 0.05) is 23.4 Å². The van der Waals surface area contributed by atoms with Gasteiger partial charge in [0.15, 0.2) is 0 Å². The van der Waals surface area contributed by atoms with Gasteiger partial charge in [-0.15, -0.1) is 10.2 Å². The number of nitrogens with two attached hydrogens (primary N) is 1. The van der Waals surface area contributed by atoms with Crippen LogP contribution in [-0.4, -0.2) is 25.5 Å². The summed E-state index contributed by atoms with van der Waals surface area (Å²) in [4.78, 5) is 15.5. The van der Waals surface area contributed by atoms with Crippen molar-refractivity contribution >= 4 is 11.7 Å². The zero-order chi connectivity index (χ0) is 15.0. The molecule has 0 aliphatic carbocycles. The maximum Gasteiger partial charge on any atom is 0.255 e. The lowest BCUT2D eigenvalue weighted by Crippen LogP contribution is -2.10. The number of rotatable bonds is 3. The SMILES string of the molecule is Cc1nc2nncn2c(C)c1Cc1ccc(C(N)=O)cc1. The molecule has 3 rings (SSSR count). The third-order valence-corrected chi connectivity index (χ3v) is 3.65. The maximum absolute atomic E-state index is 11.1. The second-order valence-electron chi connectivity index (χ2n) is 5.00. The average Bonchev–Trinajstić information content (AvgIpc) is 2.92. The Labute approximate surface area is 121 Å². The van der Waals surface area contributed by atoms with Gasteiger partial charge in [0.1, 0.15) is 6.33 Å². The summed E-state index contributed by atoms with van der Waals surface area (Å²) in [6.45, 7) is 3.99. The average molecular weight is 281 g/mol. The summed E-state index contributed by atoms with van der Waals surface area (Å²) in [5, 5.41) is 7.85. The van der Waals surface area contributed by atoms with E-state index in [0.717, 1.165) is 28.9 Å². The fraction of sp³-hybridized carbons (Fsp3) is 0.200. The standard InChI is InChI=1S/C15H15N5O/c1-9-13(10(2)20-8-17-19-15(20)18-9)7-11-3-5-12(6-4-11)14(16)21/h3-6,8H,7H2,1-2H3,(H2,16,21). The predicted molar refractivity (Wildman–Crippen MR) is 78.0 cm³/mol. The molecule has 0 bridgehead atoms. The van der Waals surface area contributed by atoms with Crippen molar-refractivity contribution in [2.24, 2.45) is 5.73 Å². The number of nitrogens with zero attached hydrogens (tertiary/aromatic N) is 4. The van der Waals surface area contributed by atoms with E-state index >= 15 is 0 Å². The van der Waals surface area contributed by atoms with Crippen LogP contribution >= 0.6 is 0 Å². The Hall–Kier alpha value is -2.76. The minimum atomic E-state index is -0.415. The van der Waals surface area contributed by atoms with Gasteiger partial charge in [0.25, 0.3) is 5.78 Å². The molecule has 1 amide bonds. The van der Waals surface area contributed by atoms with Crippen molar-refractivity contribution in [1.82, 2.24) is 19.6 Å². The largest absolute Gasteiger partial charge is 0.366 e. The van der Waals surface area contributed by atoms with Crippen LogP contribution < -0.4 is 5.73 Å². The molecule has 21 heavy (non-hydrogen) atoms. The number of benzene rings is 1. The number of aromatic nitrogens is 4. The van der Waals surface area contributed by atoms with E-state index in [1.54, 1.807) is 18.5 Å². The van der Waals surface area contributed by atoms with Crippen LogP contribution in [0.3, 0.4) is 0 Å². The molecule has 0 unspecified atom stereocenters. The third kappa shape index (κ3) is 2.35. The number of hydrogen-bond donors (Lipinski definition) is 1. The number of aryl methyl sites for hydroxylation is 2. The summed E-state index contributed by atoms with van der Waals surface area (Å²) in [6.07, 6.45) is 2.40. The molecule has 0 aliphatic rings. The first-order valence-electron chi connectivity index (χ1n) is 6.61. The summed E-state index contributed by atoms with van der Waals surface area (Å²) in [5.74, 6) is 0.194. The lowest BCUT2D eigenvalue weighted by molar-refractivity contribution is 0.100. The van der Waals surface area contributed by atoms with E-state index in [1.165, 1.54) is 0 Å². The Balaban J connectivity index is 1.99. The Morgan fingerprint density at radius 2 is 1.95 bits per heavy atom. The number of carbonyl (C=O) groups excluding carboxylic acids is 1. The molecule has 0 atom stereocenters. The zero-order valence-corrected chi connectivity index (χ0v) is 11.9. The van der Waals surface area contributed by atoms with Crippen LogP contribution in [0.25, 0.3) is 5.78 Å². The van der Waals surface area contributed by atoms with Crippen LogP contribution in [0.2, 0.25) is 0 Å². The minimum absolute atomic E-state index is 0.415. The van der Waals surface area contributed by atoms with Crippen LogP contribution in [0.15, 0.2) is 30.6 Å². The Morgan fingerprint density at radius 1 is 1.24 bits per heavy atom. The molecule has 2 N–H and O–H groups in total. The van der Waals surface area contributed by atoms with Gasteiger partial charge in [-0.1, -0.05) is 12.1 Å². The highest BCUT2D eigenvalue weighted by Crippen LogP contribution is 2.18. The third-order valence-electron chi connectivity index (χ3n) is 3.65. The first kappa shape index (κ1) is 13.2. The molecule has 3 aromatic rings. The van der Waals surface area contributed by atoms with Crippen LogP contribution in [0.5, 0.6) is 0 Å². The monoisotopic (exact) mass is 281 g/mol. The summed E-state index contributed by atoms with van der Waals surface area (Å²) < 4.78 is 1.88. The lowest BCUT2D eigenvalue weighted by Gasteiger charge is -2.11. The summed E-state index contributed by atoms with van der Waals surface area (Å²) in [7, 11) is 0. The van der Waals surface area contributed by atoms with Crippen molar-refractivity contribution in [2.45, 2.75) is 20.3 Å². The molecule has 0 fully saturated rings. The van der Waals surface area contributed by atoms with Crippen molar-refractivity contribution in [1.29, 1.82) is 0 Å². The van der Waals surface area contributed by atoms with E-state index < -0.39 is 5.91 Å². The predicted octanol–water partition coefficient (Wildman–Crippen LogP) is 1.43. The first-order valence-corrected chi connectivity index (χ1v) is 6.61. The lowest BCUT2D eigenvalue weighted by atomic mass is 10.0. The molecule has 0 aliphatic heterocycles. The van der Waals surface area contributed by atoms with Gasteiger partial charge in [-0.2, -0.15) is 0 Å². The fourth-order valence-electron chi connectivity index (χ4n) is 2.41. The Kier molecular flexibility index (Phi) is 3.13. The van der Waals surface area contributed by atoms with Gasteiger partial charge in [-0.3, -0.25) is 9.20 Å². The van der Waals surface area contributed by atoms with E-state index in [2.05, 4.69) is 15.2 Å². The zero-order valence-electron chi connectivity index (χ0n) is 11.9. The number of amides is 1. The molecule has 1 aromatic carbocycles. The van der Waals surface area contributed by atoms with Crippen molar-refractivity contribution in [3.05, 3.63) is 58.7 Å². The highest BCUT2D eigenvalue weighted by atomic mass is 16.1. The fourth-order valence-corrected chi connectivity index (χ4v) is 2.41. The topological polar surface area (TPSA) is 86.2 Å². The van der Waals surface area contributed by atoms with Gasteiger partial charge >= 0.3 is 0 Å². The van der Waals surface area contributed by atoms with E-state index in [4.69, 9.17) is 5.73 Å². The van der Waals surface area contributed by atoms with E-state index in [0.29, 0.717) is 11.3 Å². The number of primary amides is 1. The van der Waals surface area contributed by atoms with Crippen molar-refractivity contribution in [3.8, 4) is 0 Å². The van der Waals surface area contributed by atoms with Gasteiger partial charge < -0.3 is 5.73 Å². The van der Waals surface area contributed by atoms with Crippen LogP contribution in [-0.2, 0) is 6.42 Å². The van der Waals surface area contributed by atoms with Gasteiger partial charge in [-0.05, 0) is 37.1 Å². The molecular weight excluding hydrogens is 266 g/mol. The van der Waals surface area contributed by atoms with E-state index in [1.807, 2.05) is 30.4 Å². The molecule has 0 saturated carbocycles. The smallest absolute Gasteiger partial charge is 0.255 e. The highest BCUT2D eigenvalue weighted by molar-refractivity contribution is 5.92. The minimum Gasteiger partial charge on any atom is -0.366 e. The maximum atomic E-state index is 11.1. The molecule has 6 nitrogen and oxygen atoms in total. The van der Waals surface area contributed by atoms with Crippen LogP contribution in [0.4, 0.5) is 0 Å². The second-order valence-corrected chi connectivity index (χ2v) is 5.00. The molecule has 106 valence electrons. The van der Waals surface area contributed by atoms with Crippen molar-refractivity contribution in [3.63, 3.8) is 0 Å². The molecule has 0 radical (unpaired) electrons. The highest BCUT2D eigenvalue weighted by Gasteiger charge is 2.11. The number of fused-ring (bicyclic) bond motifs is 1. The summed E-state index contributed by atoms with van der Waals surface area (Å²) in [5.41, 5.74) is 10.0. The summed E-state index contributed by atoms with van der Waals surface area (Å²) in [6, 6.07) is 7.31. The quantitative estimate of drug-likeness (QED) is 0.787. The molecular formula is C15H15N5O. The van der Waals surface area contributed by atoms with Gasteiger partial charge in [0.2, 0.25) is 5.91 Å². The Morgan fingerprint density at radius 3 is 2.62 bits per heavy atom. The molecule has 0 spiro atoms. The first-order chi connectivity index (χ1) is 10.1. The normalized spacial score (nSPS) is 11.0. The van der Waals surface area contributed by atoms with E-state index in [9.17, 15) is 4.79 Å². The summed E-state index contributed by atoms with van der Waals surface area (Å²) >= 11 is 0.